The lowest BCUT2D eigenvalue weighted by Gasteiger charge is -2.11. The molecule has 0 aliphatic heterocycles. The van der Waals surface area contributed by atoms with E-state index in [2.05, 4.69) is 5.32 Å². The van der Waals surface area contributed by atoms with Gasteiger partial charge in [0, 0.05) is 11.3 Å². The van der Waals surface area contributed by atoms with Gasteiger partial charge in [-0.05, 0) is 23.6 Å². The van der Waals surface area contributed by atoms with E-state index >= 15 is 0 Å². The maximum absolute atomic E-state index is 13.6. The van der Waals surface area contributed by atoms with Crippen LogP contribution in [0, 0.1) is 29.1 Å². The molecule has 2 rings (SSSR count). The average molecular weight is 343 g/mol. The van der Waals surface area contributed by atoms with Gasteiger partial charge in [-0.3, -0.25) is 4.79 Å². The molecule has 0 aromatic heterocycles. The summed E-state index contributed by atoms with van der Waals surface area (Å²) in [5.41, 5.74) is 0.128. The molecule has 2 aromatic carbocycles. The second-order valence-electron chi connectivity index (χ2n) is 5.55. The summed E-state index contributed by atoms with van der Waals surface area (Å²) in [4.78, 5) is 11.9. The lowest BCUT2D eigenvalue weighted by Crippen LogP contribution is -2.18. The Balaban J connectivity index is 2.24. The fourth-order valence-corrected chi connectivity index (χ4v) is 2.15. The molecule has 0 unspecified atom stereocenters. The van der Waals surface area contributed by atoms with Crippen LogP contribution in [0.2, 0.25) is 0 Å². The van der Waals surface area contributed by atoms with Crippen LogP contribution in [-0.2, 0) is 11.2 Å². The summed E-state index contributed by atoms with van der Waals surface area (Å²) in [6.45, 7) is 3.88. The molecule has 7 heteroatoms. The number of hydrogen-bond acceptors (Lipinski definition) is 1. The van der Waals surface area contributed by atoms with E-state index in [1.54, 1.807) is 18.2 Å². The molecule has 1 N–H and O–H groups in total. The Morgan fingerprint density at radius 2 is 1.50 bits per heavy atom. The van der Waals surface area contributed by atoms with Gasteiger partial charge in [0.15, 0.2) is 23.3 Å². The largest absolute Gasteiger partial charge is 0.326 e. The van der Waals surface area contributed by atoms with Gasteiger partial charge in [0.25, 0.3) is 0 Å². The van der Waals surface area contributed by atoms with Gasteiger partial charge in [0.05, 0.1) is 6.42 Å². The minimum atomic E-state index is -2.25. The van der Waals surface area contributed by atoms with E-state index in [-0.39, 0.29) is 5.92 Å². The van der Waals surface area contributed by atoms with Gasteiger partial charge < -0.3 is 5.32 Å². The second kappa shape index (κ2) is 6.98. The van der Waals surface area contributed by atoms with E-state index in [1.807, 2.05) is 19.9 Å². The minimum Gasteiger partial charge on any atom is -0.326 e. The molecule has 0 spiro atoms. The molecule has 128 valence electrons. The molecule has 0 saturated heterocycles. The summed E-state index contributed by atoms with van der Waals surface area (Å²) in [6.07, 6.45) is -0.975. The van der Waals surface area contributed by atoms with E-state index in [4.69, 9.17) is 0 Å². The highest BCUT2D eigenvalue weighted by molar-refractivity contribution is 5.92. The molecule has 0 fully saturated rings. The fourth-order valence-electron chi connectivity index (χ4n) is 2.15. The minimum absolute atomic E-state index is 0.192. The molecular formula is C17H14F5NO. The highest BCUT2D eigenvalue weighted by Gasteiger charge is 2.26. The Morgan fingerprint density at radius 1 is 0.958 bits per heavy atom. The fraction of sp³-hybridized carbons (Fsp3) is 0.235. The maximum atomic E-state index is 13.6. The molecule has 0 bridgehead atoms. The number of amides is 1. The zero-order chi connectivity index (χ0) is 18.0. The number of hydrogen-bond donors (Lipinski definition) is 1. The molecule has 0 aliphatic rings. The first-order valence-electron chi connectivity index (χ1n) is 7.12. The zero-order valence-electron chi connectivity index (χ0n) is 12.9. The first-order valence-corrected chi connectivity index (χ1v) is 7.12. The second-order valence-corrected chi connectivity index (χ2v) is 5.55. The predicted octanol–water partition coefficient (Wildman–Crippen LogP) is 4.69. The van der Waals surface area contributed by atoms with Crippen molar-refractivity contribution in [2.45, 2.75) is 26.2 Å². The summed E-state index contributed by atoms with van der Waals surface area (Å²) >= 11 is 0. The van der Waals surface area contributed by atoms with Crippen LogP contribution in [0.3, 0.4) is 0 Å². The molecule has 0 atom stereocenters. The van der Waals surface area contributed by atoms with E-state index < -0.39 is 47.0 Å². The predicted molar refractivity (Wildman–Crippen MR) is 79.1 cm³/mol. The SMILES string of the molecule is CC(C)c1cccc(NC(=O)Cc2c(F)c(F)c(F)c(F)c2F)c1. The molecule has 0 heterocycles. The monoisotopic (exact) mass is 343 g/mol. The number of rotatable bonds is 4. The van der Waals surface area contributed by atoms with Crippen LogP contribution in [-0.4, -0.2) is 5.91 Å². The van der Waals surface area contributed by atoms with Crippen LogP contribution in [0.15, 0.2) is 24.3 Å². The average Bonchev–Trinajstić information content (AvgIpc) is 2.55. The van der Waals surface area contributed by atoms with Crippen LogP contribution < -0.4 is 5.32 Å². The van der Waals surface area contributed by atoms with Gasteiger partial charge in [-0.2, -0.15) is 0 Å². The number of nitrogens with one attached hydrogen (secondary N) is 1. The van der Waals surface area contributed by atoms with Crippen molar-refractivity contribution < 1.29 is 26.7 Å². The van der Waals surface area contributed by atoms with Crippen molar-refractivity contribution in [3.05, 3.63) is 64.5 Å². The van der Waals surface area contributed by atoms with E-state index in [0.29, 0.717) is 5.69 Å². The van der Waals surface area contributed by atoms with Crippen LogP contribution in [0.4, 0.5) is 27.6 Å². The Morgan fingerprint density at radius 3 is 2.04 bits per heavy atom. The molecule has 2 aromatic rings. The zero-order valence-corrected chi connectivity index (χ0v) is 12.9. The Bertz CT molecular complexity index is 760. The van der Waals surface area contributed by atoms with Gasteiger partial charge in [0.1, 0.15) is 0 Å². The van der Waals surface area contributed by atoms with Crippen molar-refractivity contribution >= 4 is 11.6 Å². The first-order chi connectivity index (χ1) is 11.2. The summed E-state index contributed by atoms with van der Waals surface area (Å²) < 4.78 is 66.4. The van der Waals surface area contributed by atoms with Crippen LogP contribution in [0.1, 0.15) is 30.9 Å². The van der Waals surface area contributed by atoms with Crippen molar-refractivity contribution in [3.63, 3.8) is 0 Å². The third-order valence-electron chi connectivity index (χ3n) is 3.48. The molecule has 1 amide bonds. The molecular weight excluding hydrogens is 329 g/mol. The van der Waals surface area contributed by atoms with E-state index in [0.717, 1.165) is 5.56 Å². The van der Waals surface area contributed by atoms with Crippen molar-refractivity contribution in [1.82, 2.24) is 0 Å². The van der Waals surface area contributed by atoms with Crippen LogP contribution in [0.25, 0.3) is 0 Å². The van der Waals surface area contributed by atoms with Gasteiger partial charge in [0.2, 0.25) is 11.7 Å². The van der Waals surface area contributed by atoms with Crippen molar-refractivity contribution in [1.29, 1.82) is 0 Å². The number of carbonyl (C=O) groups is 1. The number of halogens is 5. The standard InChI is InChI=1S/C17H14F5NO/c1-8(2)9-4-3-5-10(6-9)23-12(24)7-11-13(18)15(20)17(22)16(21)14(11)19/h3-6,8H,7H2,1-2H3,(H,23,24). The van der Waals surface area contributed by atoms with Crippen molar-refractivity contribution in [3.8, 4) is 0 Å². The van der Waals surface area contributed by atoms with Gasteiger partial charge in [-0.25, -0.2) is 22.0 Å². The van der Waals surface area contributed by atoms with Crippen LogP contribution in [0.5, 0.6) is 0 Å². The molecule has 0 aliphatic carbocycles. The first kappa shape index (κ1) is 17.9. The van der Waals surface area contributed by atoms with E-state index in [9.17, 15) is 26.7 Å². The number of carbonyl (C=O) groups excluding carboxylic acids is 1. The van der Waals surface area contributed by atoms with E-state index in [1.165, 1.54) is 0 Å². The smallest absolute Gasteiger partial charge is 0.229 e. The third kappa shape index (κ3) is 3.55. The lowest BCUT2D eigenvalue weighted by molar-refractivity contribution is -0.115. The molecule has 24 heavy (non-hydrogen) atoms. The van der Waals surface area contributed by atoms with Gasteiger partial charge >= 0.3 is 0 Å². The van der Waals surface area contributed by atoms with Gasteiger partial charge in [-0.15, -0.1) is 0 Å². The highest BCUT2D eigenvalue weighted by atomic mass is 19.2. The summed E-state index contributed by atoms with van der Waals surface area (Å²) in [7, 11) is 0. The van der Waals surface area contributed by atoms with Crippen molar-refractivity contribution in [2.24, 2.45) is 0 Å². The summed E-state index contributed by atoms with van der Waals surface area (Å²) in [6, 6.07) is 6.75. The Labute approximate surface area is 135 Å². The normalized spacial score (nSPS) is 11.0. The lowest BCUT2D eigenvalue weighted by atomic mass is 10.0. The summed E-state index contributed by atoms with van der Waals surface area (Å²) in [5, 5.41) is 2.38. The van der Waals surface area contributed by atoms with Crippen molar-refractivity contribution in [2.75, 3.05) is 5.32 Å². The number of benzene rings is 2. The Kier molecular flexibility index (Phi) is 5.21. The number of anilines is 1. The molecule has 2 nitrogen and oxygen atoms in total. The third-order valence-corrected chi connectivity index (χ3v) is 3.48. The highest BCUT2D eigenvalue weighted by Crippen LogP contribution is 2.24. The molecule has 0 radical (unpaired) electrons. The quantitative estimate of drug-likeness (QED) is 0.487. The van der Waals surface area contributed by atoms with Gasteiger partial charge in [-0.1, -0.05) is 26.0 Å². The van der Waals surface area contributed by atoms with Crippen LogP contribution >= 0.6 is 0 Å². The maximum Gasteiger partial charge on any atom is 0.229 e. The topological polar surface area (TPSA) is 29.1 Å². The molecule has 0 saturated carbocycles. The summed E-state index contributed by atoms with van der Waals surface area (Å²) in [5.74, 6) is -11.1. The Hall–Kier alpha value is -2.44.